The number of fused-ring (bicyclic) bond motifs is 1. The molecule has 31 heavy (non-hydrogen) atoms. The molecule has 0 spiro atoms. The van der Waals surface area contributed by atoms with E-state index in [9.17, 15) is 4.79 Å². The van der Waals surface area contributed by atoms with E-state index in [1.807, 2.05) is 31.2 Å². The summed E-state index contributed by atoms with van der Waals surface area (Å²) in [5.41, 5.74) is 4.80. The average molecular weight is 435 g/mol. The number of nitrogens with one attached hydrogen (secondary N) is 1. The number of benzene rings is 2. The number of nitrogens with zero attached hydrogens (tertiary/aromatic N) is 3. The third kappa shape index (κ3) is 4.82. The Morgan fingerprint density at radius 2 is 1.87 bits per heavy atom. The number of rotatable bonds is 7. The lowest BCUT2D eigenvalue weighted by atomic mass is 10.0. The Hall–Kier alpha value is -3.06. The third-order valence-electron chi connectivity index (χ3n) is 4.96. The van der Waals surface area contributed by atoms with Crippen LogP contribution < -0.4 is 10.3 Å². The quantitative estimate of drug-likeness (QED) is 0.327. The van der Waals surface area contributed by atoms with Crippen LogP contribution in [0.25, 0.3) is 17.0 Å². The molecule has 7 heteroatoms. The molecule has 0 bridgehead atoms. The molecule has 1 N–H and O–H groups in total. The number of aromatic amines is 1. The number of aryl methyl sites for hydroxylation is 2. The third-order valence-corrected chi connectivity index (χ3v) is 5.87. The number of hydrogen-bond donors (Lipinski definition) is 1. The van der Waals surface area contributed by atoms with Crippen molar-refractivity contribution in [2.24, 2.45) is 0 Å². The first-order valence-electron chi connectivity index (χ1n) is 10.3. The first-order chi connectivity index (χ1) is 14.9. The summed E-state index contributed by atoms with van der Waals surface area (Å²) >= 11 is 1.53. The van der Waals surface area contributed by atoms with Gasteiger partial charge in [-0.3, -0.25) is 9.89 Å². The predicted molar refractivity (Wildman–Crippen MR) is 125 cm³/mol. The molecule has 0 aliphatic carbocycles. The Labute approximate surface area is 185 Å². The summed E-state index contributed by atoms with van der Waals surface area (Å²) < 4.78 is 7.74. The zero-order valence-electron chi connectivity index (χ0n) is 18.2. The number of ether oxygens (including phenoxy) is 1. The van der Waals surface area contributed by atoms with Gasteiger partial charge < -0.3 is 4.74 Å². The Bertz CT molecular complexity index is 1280. The fourth-order valence-corrected chi connectivity index (χ4v) is 4.19. The summed E-state index contributed by atoms with van der Waals surface area (Å²) in [6, 6.07) is 15.9. The van der Waals surface area contributed by atoms with Gasteiger partial charge in [-0.1, -0.05) is 61.5 Å². The van der Waals surface area contributed by atoms with Crippen molar-refractivity contribution >= 4 is 17.4 Å². The largest absolute Gasteiger partial charge is 0.492 e. The minimum atomic E-state index is -0.199. The molecule has 0 amide bonds. The molecule has 0 aliphatic heterocycles. The molecule has 0 unspecified atom stereocenters. The van der Waals surface area contributed by atoms with Gasteiger partial charge in [0.25, 0.3) is 5.56 Å². The zero-order valence-corrected chi connectivity index (χ0v) is 19.0. The topological polar surface area (TPSA) is 72.3 Å². The van der Waals surface area contributed by atoms with E-state index in [1.54, 1.807) is 4.52 Å². The number of aromatic nitrogens is 4. The molecule has 2 aromatic heterocycles. The van der Waals surface area contributed by atoms with Crippen LogP contribution in [0.1, 0.15) is 36.5 Å². The van der Waals surface area contributed by atoms with Gasteiger partial charge in [0.05, 0.1) is 6.61 Å². The lowest BCUT2D eigenvalue weighted by Gasteiger charge is -2.15. The van der Waals surface area contributed by atoms with Crippen molar-refractivity contribution < 1.29 is 4.74 Å². The van der Waals surface area contributed by atoms with Gasteiger partial charge in [0.15, 0.2) is 16.6 Å². The van der Waals surface area contributed by atoms with Crippen molar-refractivity contribution in [3.63, 3.8) is 0 Å². The minimum absolute atomic E-state index is 0.199. The first-order valence-corrected chi connectivity index (χ1v) is 11.3. The summed E-state index contributed by atoms with van der Waals surface area (Å²) in [5.74, 6) is 2.61. The number of H-pyrrole nitrogens is 1. The average Bonchev–Trinajstić information content (AvgIpc) is 3.11. The van der Waals surface area contributed by atoms with E-state index < -0.39 is 0 Å². The van der Waals surface area contributed by atoms with Crippen molar-refractivity contribution in [2.75, 3.05) is 12.4 Å². The van der Waals surface area contributed by atoms with Crippen LogP contribution in [-0.2, 0) is 0 Å². The molecule has 0 fully saturated rings. The van der Waals surface area contributed by atoms with Gasteiger partial charge in [-0.25, -0.2) is 14.5 Å². The van der Waals surface area contributed by atoms with E-state index in [0.29, 0.717) is 34.9 Å². The second-order valence-corrected chi connectivity index (χ2v) is 8.97. The van der Waals surface area contributed by atoms with E-state index in [-0.39, 0.29) is 5.56 Å². The lowest BCUT2D eigenvalue weighted by molar-refractivity contribution is 0.338. The zero-order chi connectivity index (χ0) is 22.0. The maximum absolute atomic E-state index is 11.9. The van der Waals surface area contributed by atoms with Crippen LogP contribution in [0.2, 0.25) is 0 Å². The summed E-state index contributed by atoms with van der Waals surface area (Å²) in [7, 11) is 0. The van der Waals surface area contributed by atoms with Gasteiger partial charge in [-0.15, -0.1) is 0 Å². The van der Waals surface area contributed by atoms with Crippen LogP contribution in [-0.4, -0.2) is 31.9 Å². The summed E-state index contributed by atoms with van der Waals surface area (Å²) in [5, 5.41) is 3.46. The van der Waals surface area contributed by atoms with E-state index in [0.717, 1.165) is 16.9 Å². The van der Waals surface area contributed by atoms with E-state index in [4.69, 9.17) is 9.72 Å². The van der Waals surface area contributed by atoms with Gasteiger partial charge >= 0.3 is 0 Å². The number of thioether (sulfide) groups is 1. The minimum Gasteiger partial charge on any atom is -0.492 e. The standard InChI is InChI=1S/C24H26N4O2S/c1-15(2)19-9-8-17(4)13-20(19)30-10-11-31-24-26-23(18-7-5-6-16(3)12-18)25-21-14-22(29)27-28(21)24/h5-9,12-15H,10-11H2,1-4H3,(H,27,29). The predicted octanol–water partition coefficient (Wildman–Crippen LogP) is 5.00. The lowest BCUT2D eigenvalue weighted by Crippen LogP contribution is -2.07. The first kappa shape index (κ1) is 21.2. The van der Waals surface area contributed by atoms with E-state index >= 15 is 0 Å². The van der Waals surface area contributed by atoms with Crippen molar-refractivity contribution in [1.29, 1.82) is 0 Å². The van der Waals surface area contributed by atoms with E-state index in [1.165, 1.54) is 29.0 Å². The Morgan fingerprint density at radius 3 is 2.65 bits per heavy atom. The normalized spacial score (nSPS) is 11.4. The van der Waals surface area contributed by atoms with Crippen LogP contribution in [0.3, 0.4) is 0 Å². The molecule has 0 saturated carbocycles. The highest BCUT2D eigenvalue weighted by molar-refractivity contribution is 7.99. The summed E-state index contributed by atoms with van der Waals surface area (Å²) in [4.78, 5) is 21.2. The number of hydrogen-bond acceptors (Lipinski definition) is 5. The highest BCUT2D eigenvalue weighted by atomic mass is 32.2. The second kappa shape index (κ2) is 8.98. The fourth-order valence-electron chi connectivity index (χ4n) is 3.42. The van der Waals surface area contributed by atoms with Crippen molar-refractivity contribution in [3.05, 3.63) is 75.6 Å². The van der Waals surface area contributed by atoms with Crippen LogP contribution in [0.4, 0.5) is 0 Å². The molecule has 4 aromatic rings. The van der Waals surface area contributed by atoms with E-state index in [2.05, 4.69) is 49.1 Å². The molecule has 6 nitrogen and oxygen atoms in total. The molecule has 2 aromatic carbocycles. The SMILES string of the molecule is Cc1cccc(-c2nc(SCCOc3cc(C)ccc3C(C)C)n3[nH]c(=O)cc3n2)c1. The molecule has 0 saturated heterocycles. The van der Waals surface area contributed by atoms with Crippen LogP contribution in [0.5, 0.6) is 5.75 Å². The fraction of sp³-hybridized carbons (Fsp3) is 0.292. The highest BCUT2D eigenvalue weighted by Gasteiger charge is 2.13. The summed E-state index contributed by atoms with van der Waals surface area (Å²) in [6.45, 7) is 8.97. The monoisotopic (exact) mass is 434 g/mol. The molecular weight excluding hydrogens is 408 g/mol. The molecule has 0 atom stereocenters. The second-order valence-electron chi connectivity index (χ2n) is 7.91. The van der Waals surface area contributed by atoms with Gasteiger partial charge in [-0.05, 0) is 43.0 Å². The van der Waals surface area contributed by atoms with Gasteiger partial charge in [0.2, 0.25) is 0 Å². The highest BCUT2D eigenvalue weighted by Crippen LogP contribution is 2.28. The Morgan fingerprint density at radius 1 is 1.06 bits per heavy atom. The van der Waals surface area contributed by atoms with Crippen LogP contribution >= 0.6 is 11.8 Å². The van der Waals surface area contributed by atoms with Crippen LogP contribution in [0.15, 0.2) is 58.5 Å². The molecule has 0 aliphatic rings. The smallest absolute Gasteiger partial charge is 0.266 e. The summed E-state index contributed by atoms with van der Waals surface area (Å²) in [6.07, 6.45) is 0. The Balaban J connectivity index is 1.55. The maximum Gasteiger partial charge on any atom is 0.266 e. The van der Waals surface area contributed by atoms with Crippen molar-refractivity contribution in [3.8, 4) is 17.1 Å². The van der Waals surface area contributed by atoms with Crippen molar-refractivity contribution in [1.82, 2.24) is 19.6 Å². The molecule has 4 rings (SSSR count). The van der Waals surface area contributed by atoms with Gasteiger partial charge in [0, 0.05) is 17.4 Å². The van der Waals surface area contributed by atoms with Crippen LogP contribution in [0, 0.1) is 13.8 Å². The Kier molecular flexibility index (Phi) is 6.13. The van der Waals surface area contributed by atoms with Gasteiger partial charge in [-0.2, -0.15) is 0 Å². The molecule has 160 valence electrons. The van der Waals surface area contributed by atoms with Gasteiger partial charge in [0.1, 0.15) is 5.75 Å². The molecule has 0 radical (unpaired) electrons. The molecular formula is C24H26N4O2S. The molecule has 2 heterocycles. The maximum atomic E-state index is 11.9. The van der Waals surface area contributed by atoms with Crippen molar-refractivity contribution in [2.45, 2.75) is 38.8 Å².